The van der Waals surface area contributed by atoms with E-state index in [1.165, 1.54) is 23.9 Å². The van der Waals surface area contributed by atoms with E-state index in [4.69, 9.17) is 0 Å². The number of aromatic nitrogens is 1. The fourth-order valence-electron chi connectivity index (χ4n) is 2.67. The van der Waals surface area contributed by atoms with Crippen LogP contribution in [-0.4, -0.2) is 52.6 Å². The Labute approximate surface area is 149 Å². The average Bonchev–Trinajstić information content (AvgIpc) is 2.67. The van der Waals surface area contributed by atoms with Crippen LogP contribution < -0.4 is 4.90 Å². The quantitative estimate of drug-likeness (QED) is 0.464. The zero-order chi connectivity index (χ0) is 17.6. The van der Waals surface area contributed by atoms with Crippen molar-refractivity contribution in [3.63, 3.8) is 0 Å². The van der Waals surface area contributed by atoms with Gasteiger partial charge in [-0.2, -0.15) is 0 Å². The highest BCUT2D eigenvalue weighted by atomic mass is 32.2. The first-order chi connectivity index (χ1) is 12.1. The molecule has 3 rings (SSSR count). The Balaban J connectivity index is 1.49. The van der Waals surface area contributed by atoms with Gasteiger partial charge in [0.2, 0.25) is 5.91 Å². The number of rotatable bonds is 5. The molecular weight excluding hydrogens is 340 g/mol. The van der Waals surface area contributed by atoms with Crippen LogP contribution in [0.3, 0.4) is 0 Å². The smallest absolute Gasteiger partial charge is 0.269 e. The second-order valence-corrected chi connectivity index (χ2v) is 6.66. The van der Waals surface area contributed by atoms with E-state index in [2.05, 4.69) is 9.88 Å². The Morgan fingerprint density at radius 1 is 1.08 bits per heavy atom. The molecule has 8 heteroatoms. The van der Waals surface area contributed by atoms with E-state index in [1.54, 1.807) is 24.5 Å². The Kier molecular flexibility index (Phi) is 5.49. The predicted molar refractivity (Wildman–Crippen MR) is 96.9 cm³/mol. The zero-order valence-corrected chi connectivity index (χ0v) is 14.4. The highest BCUT2D eigenvalue weighted by Gasteiger charge is 2.21. The summed E-state index contributed by atoms with van der Waals surface area (Å²) in [4.78, 5) is 31.7. The van der Waals surface area contributed by atoms with Crippen molar-refractivity contribution < 1.29 is 9.72 Å². The van der Waals surface area contributed by atoms with Gasteiger partial charge in [0, 0.05) is 61.3 Å². The Hall–Kier alpha value is -2.61. The minimum Gasteiger partial charge on any atom is -0.368 e. The number of amides is 1. The first-order valence-electron chi connectivity index (χ1n) is 7.93. The standard InChI is InChI=1S/C17H18N4O3S/c22-17(13-25-16-5-7-18-8-6-16)20-11-9-19(10-12-20)14-1-3-15(4-2-14)21(23)24/h1-8H,9-13H2. The van der Waals surface area contributed by atoms with Crippen LogP contribution in [0.15, 0.2) is 53.7 Å². The topological polar surface area (TPSA) is 79.6 Å². The van der Waals surface area contributed by atoms with Crippen LogP contribution in [0.4, 0.5) is 11.4 Å². The third-order valence-electron chi connectivity index (χ3n) is 4.07. The van der Waals surface area contributed by atoms with Gasteiger partial charge in [0.25, 0.3) is 5.69 Å². The molecule has 7 nitrogen and oxygen atoms in total. The molecule has 1 aliphatic heterocycles. The summed E-state index contributed by atoms with van der Waals surface area (Å²) >= 11 is 1.51. The van der Waals surface area contributed by atoms with E-state index in [0.717, 1.165) is 23.7 Å². The molecule has 2 heterocycles. The number of benzene rings is 1. The van der Waals surface area contributed by atoms with E-state index < -0.39 is 4.92 Å². The number of hydrogen-bond donors (Lipinski definition) is 0. The second-order valence-electron chi connectivity index (χ2n) is 5.61. The number of non-ortho nitro benzene ring substituents is 1. The van der Waals surface area contributed by atoms with Crippen LogP contribution in [-0.2, 0) is 4.79 Å². The lowest BCUT2D eigenvalue weighted by Crippen LogP contribution is -2.49. The lowest BCUT2D eigenvalue weighted by Gasteiger charge is -2.36. The summed E-state index contributed by atoms with van der Waals surface area (Å²) in [6.07, 6.45) is 3.44. The molecule has 1 aromatic carbocycles. The van der Waals surface area contributed by atoms with Gasteiger partial charge in [-0.1, -0.05) is 0 Å². The number of nitrogens with zero attached hydrogens (tertiary/aromatic N) is 4. The van der Waals surface area contributed by atoms with Crippen molar-refractivity contribution in [3.05, 3.63) is 58.9 Å². The lowest BCUT2D eigenvalue weighted by molar-refractivity contribution is -0.384. The molecule has 0 radical (unpaired) electrons. The van der Waals surface area contributed by atoms with Crippen molar-refractivity contribution >= 4 is 29.0 Å². The van der Waals surface area contributed by atoms with Gasteiger partial charge in [-0.15, -0.1) is 11.8 Å². The van der Waals surface area contributed by atoms with Crippen LogP contribution in [0.5, 0.6) is 0 Å². The molecule has 0 spiro atoms. The van der Waals surface area contributed by atoms with Crippen LogP contribution in [0.1, 0.15) is 0 Å². The number of pyridine rings is 1. The fraction of sp³-hybridized carbons (Fsp3) is 0.294. The molecule has 0 N–H and O–H groups in total. The Bertz CT molecular complexity index is 731. The molecule has 130 valence electrons. The number of anilines is 1. The van der Waals surface area contributed by atoms with Crippen molar-refractivity contribution in [1.29, 1.82) is 0 Å². The van der Waals surface area contributed by atoms with E-state index in [1.807, 2.05) is 17.0 Å². The molecule has 0 atom stereocenters. The fourth-order valence-corrected chi connectivity index (χ4v) is 3.46. The first-order valence-corrected chi connectivity index (χ1v) is 8.92. The number of hydrogen-bond acceptors (Lipinski definition) is 6. The number of nitro groups is 1. The summed E-state index contributed by atoms with van der Waals surface area (Å²) in [5.74, 6) is 0.548. The third-order valence-corrected chi connectivity index (χ3v) is 5.07. The summed E-state index contributed by atoms with van der Waals surface area (Å²) < 4.78 is 0. The molecule has 1 fully saturated rings. The maximum atomic E-state index is 12.3. The van der Waals surface area contributed by atoms with E-state index in [0.29, 0.717) is 18.8 Å². The van der Waals surface area contributed by atoms with Crippen LogP contribution in [0.2, 0.25) is 0 Å². The van der Waals surface area contributed by atoms with Gasteiger partial charge in [-0.05, 0) is 24.3 Å². The molecule has 1 amide bonds. The molecular formula is C17H18N4O3S. The SMILES string of the molecule is O=C(CSc1ccncc1)N1CCN(c2ccc([N+](=O)[O-])cc2)CC1. The van der Waals surface area contributed by atoms with Crippen molar-refractivity contribution in [2.24, 2.45) is 0 Å². The Morgan fingerprint density at radius 3 is 2.32 bits per heavy atom. The third kappa shape index (κ3) is 4.48. The van der Waals surface area contributed by atoms with Gasteiger partial charge < -0.3 is 9.80 Å². The minimum atomic E-state index is -0.402. The van der Waals surface area contributed by atoms with Crippen molar-refractivity contribution in [2.45, 2.75) is 4.90 Å². The van der Waals surface area contributed by atoms with Gasteiger partial charge in [-0.3, -0.25) is 19.9 Å². The van der Waals surface area contributed by atoms with Crippen LogP contribution >= 0.6 is 11.8 Å². The van der Waals surface area contributed by atoms with Crippen LogP contribution in [0.25, 0.3) is 0 Å². The number of carbonyl (C=O) groups is 1. The van der Waals surface area contributed by atoms with Crippen molar-refractivity contribution in [1.82, 2.24) is 9.88 Å². The number of piperazine rings is 1. The lowest BCUT2D eigenvalue weighted by atomic mass is 10.2. The maximum absolute atomic E-state index is 12.3. The maximum Gasteiger partial charge on any atom is 0.269 e. The highest BCUT2D eigenvalue weighted by molar-refractivity contribution is 8.00. The van der Waals surface area contributed by atoms with Gasteiger partial charge >= 0.3 is 0 Å². The minimum absolute atomic E-state index is 0.0886. The monoisotopic (exact) mass is 358 g/mol. The summed E-state index contributed by atoms with van der Waals surface area (Å²) in [7, 11) is 0. The zero-order valence-electron chi connectivity index (χ0n) is 13.6. The first kappa shape index (κ1) is 17.2. The average molecular weight is 358 g/mol. The molecule has 1 saturated heterocycles. The molecule has 25 heavy (non-hydrogen) atoms. The summed E-state index contributed by atoms with van der Waals surface area (Å²) in [5.41, 5.74) is 1.04. The number of thioether (sulfide) groups is 1. The largest absolute Gasteiger partial charge is 0.368 e. The van der Waals surface area contributed by atoms with Gasteiger partial charge in [0.1, 0.15) is 0 Å². The molecule has 1 aromatic heterocycles. The van der Waals surface area contributed by atoms with Gasteiger partial charge in [-0.25, -0.2) is 0 Å². The molecule has 0 saturated carbocycles. The van der Waals surface area contributed by atoms with Gasteiger partial charge in [0.15, 0.2) is 0 Å². The number of carbonyl (C=O) groups excluding carboxylic acids is 1. The molecule has 0 aliphatic carbocycles. The second kappa shape index (κ2) is 7.98. The predicted octanol–water partition coefficient (Wildman–Crippen LogP) is 2.43. The summed E-state index contributed by atoms with van der Waals surface area (Å²) in [6.45, 7) is 2.77. The van der Waals surface area contributed by atoms with Crippen molar-refractivity contribution in [2.75, 3.05) is 36.8 Å². The van der Waals surface area contributed by atoms with Gasteiger partial charge in [0.05, 0.1) is 10.7 Å². The molecule has 1 aliphatic rings. The van der Waals surface area contributed by atoms with Crippen molar-refractivity contribution in [3.8, 4) is 0 Å². The normalized spacial score (nSPS) is 14.4. The van der Waals surface area contributed by atoms with E-state index in [9.17, 15) is 14.9 Å². The molecule has 0 bridgehead atoms. The molecule has 2 aromatic rings. The van der Waals surface area contributed by atoms with E-state index >= 15 is 0 Å². The summed E-state index contributed by atoms with van der Waals surface area (Å²) in [5, 5.41) is 10.7. The Morgan fingerprint density at radius 2 is 1.72 bits per heavy atom. The molecule has 0 unspecified atom stereocenters. The number of nitro benzene ring substituents is 1. The van der Waals surface area contributed by atoms with Crippen LogP contribution in [0, 0.1) is 10.1 Å². The summed E-state index contributed by atoms with van der Waals surface area (Å²) in [6, 6.07) is 10.3. The highest BCUT2D eigenvalue weighted by Crippen LogP contribution is 2.21. The van der Waals surface area contributed by atoms with E-state index in [-0.39, 0.29) is 11.6 Å².